The number of hydrogen-bond acceptors (Lipinski definition) is 5. The number of anilines is 1. The molecule has 0 unspecified atom stereocenters. The molecule has 0 spiro atoms. The maximum atomic E-state index is 12.5. The van der Waals surface area contributed by atoms with Gasteiger partial charge in [-0.2, -0.15) is 0 Å². The molecule has 2 rings (SSSR count). The van der Waals surface area contributed by atoms with Gasteiger partial charge in [-0.25, -0.2) is 17.5 Å². The van der Waals surface area contributed by atoms with Crippen molar-refractivity contribution in [3.8, 4) is 0 Å². The normalized spacial score (nSPS) is 11.3. The van der Waals surface area contributed by atoms with Crippen LogP contribution >= 0.6 is 11.6 Å². The second kappa shape index (κ2) is 8.51. The molecule has 0 bridgehead atoms. The molecule has 0 radical (unpaired) electrons. The summed E-state index contributed by atoms with van der Waals surface area (Å²) in [4.78, 5) is 24.1. The van der Waals surface area contributed by atoms with Gasteiger partial charge in [0.25, 0.3) is 5.91 Å². The van der Waals surface area contributed by atoms with Crippen LogP contribution in [0.2, 0.25) is 5.02 Å². The zero-order valence-electron chi connectivity index (χ0n) is 15.0. The Hall–Kier alpha value is -2.42. The Labute approximate surface area is 162 Å². The second-order valence-corrected chi connectivity index (χ2v) is 8.24. The number of ether oxygens (including phenoxy) is 1. The van der Waals surface area contributed by atoms with E-state index in [1.165, 1.54) is 44.4 Å². The zero-order valence-corrected chi connectivity index (χ0v) is 16.6. The van der Waals surface area contributed by atoms with Gasteiger partial charge in [0.2, 0.25) is 10.0 Å². The fraction of sp³-hybridized carbons (Fsp3) is 0.222. The molecule has 1 amide bonds. The number of nitrogens with zero attached hydrogens (tertiary/aromatic N) is 1. The smallest absolute Gasteiger partial charge is 0.338 e. The molecule has 7 nitrogen and oxygen atoms in total. The Bertz CT molecular complexity index is 956. The fourth-order valence-corrected chi connectivity index (χ4v) is 3.28. The molecule has 2 aromatic rings. The van der Waals surface area contributed by atoms with Gasteiger partial charge in [-0.1, -0.05) is 11.6 Å². The molecule has 0 aromatic heterocycles. The lowest BCUT2D eigenvalue weighted by molar-refractivity contribution is 0.0526. The third-order valence-corrected chi connectivity index (χ3v) is 5.76. The van der Waals surface area contributed by atoms with Crippen LogP contribution in [-0.4, -0.2) is 45.3 Å². The molecule has 9 heteroatoms. The molecule has 0 heterocycles. The van der Waals surface area contributed by atoms with Gasteiger partial charge in [-0.05, 0) is 49.4 Å². The van der Waals surface area contributed by atoms with Crippen molar-refractivity contribution >= 4 is 39.2 Å². The highest BCUT2D eigenvalue weighted by Gasteiger charge is 2.21. The van der Waals surface area contributed by atoms with Gasteiger partial charge in [0.1, 0.15) is 0 Å². The van der Waals surface area contributed by atoms with Crippen molar-refractivity contribution in [2.24, 2.45) is 0 Å². The first kappa shape index (κ1) is 20.9. The van der Waals surface area contributed by atoms with E-state index in [0.29, 0.717) is 11.3 Å². The number of nitrogens with one attached hydrogen (secondary N) is 1. The summed E-state index contributed by atoms with van der Waals surface area (Å²) < 4.78 is 30.4. The predicted octanol–water partition coefficient (Wildman–Crippen LogP) is 3.02. The standard InChI is InChI=1S/C18H19ClN2O5S/c1-4-26-18(23)12-5-7-13(8-6-12)20-17(22)15-11-14(9-10-16(15)19)27(24,25)21(2)3/h5-11H,4H2,1-3H3,(H,20,22). The van der Waals surface area contributed by atoms with E-state index >= 15 is 0 Å². The average molecular weight is 411 g/mol. The van der Waals surface area contributed by atoms with Crippen molar-refractivity contribution in [3.63, 3.8) is 0 Å². The van der Waals surface area contributed by atoms with Crippen LogP contribution in [0.25, 0.3) is 0 Å². The summed E-state index contributed by atoms with van der Waals surface area (Å²) in [5, 5.41) is 2.74. The fourth-order valence-electron chi connectivity index (χ4n) is 2.15. The molecule has 0 aliphatic carbocycles. The van der Waals surface area contributed by atoms with Crippen molar-refractivity contribution in [1.29, 1.82) is 0 Å². The quantitative estimate of drug-likeness (QED) is 0.739. The van der Waals surface area contributed by atoms with Crippen molar-refractivity contribution in [2.75, 3.05) is 26.0 Å². The van der Waals surface area contributed by atoms with Crippen LogP contribution in [0.5, 0.6) is 0 Å². The van der Waals surface area contributed by atoms with E-state index in [4.69, 9.17) is 16.3 Å². The Kier molecular flexibility index (Phi) is 6.59. The number of hydrogen-bond donors (Lipinski definition) is 1. The maximum Gasteiger partial charge on any atom is 0.338 e. The lowest BCUT2D eigenvalue weighted by Gasteiger charge is -2.13. The van der Waals surface area contributed by atoms with Crippen molar-refractivity contribution in [1.82, 2.24) is 4.31 Å². The van der Waals surface area contributed by atoms with E-state index in [9.17, 15) is 18.0 Å². The first-order valence-electron chi connectivity index (χ1n) is 7.97. The largest absolute Gasteiger partial charge is 0.462 e. The molecule has 0 saturated heterocycles. The number of amides is 1. The van der Waals surface area contributed by atoms with Gasteiger partial charge >= 0.3 is 5.97 Å². The van der Waals surface area contributed by atoms with Crippen LogP contribution in [0.4, 0.5) is 5.69 Å². The summed E-state index contributed by atoms with van der Waals surface area (Å²) in [5.74, 6) is -1.03. The van der Waals surface area contributed by atoms with E-state index in [1.807, 2.05) is 0 Å². The number of rotatable bonds is 6. The molecule has 0 fully saturated rings. The number of carbonyl (C=O) groups excluding carboxylic acids is 2. The van der Waals surface area contributed by atoms with Crippen molar-refractivity contribution in [2.45, 2.75) is 11.8 Å². The number of carbonyl (C=O) groups is 2. The summed E-state index contributed by atoms with van der Waals surface area (Å²) >= 11 is 6.06. The Balaban J connectivity index is 2.24. The van der Waals surface area contributed by atoms with Crippen LogP contribution in [0, 0.1) is 0 Å². The van der Waals surface area contributed by atoms with E-state index < -0.39 is 21.9 Å². The maximum absolute atomic E-state index is 12.5. The number of benzene rings is 2. The molecule has 2 aromatic carbocycles. The Morgan fingerprint density at radius 1 is 1.11 bits per heavy atom. The molecular formula is C18H19ClN2O5S. The molecule has 0 aliphatic heterocycles. The van der Waals surface area contributed by atoms with Crippen LogP contribution in [-0.2, 0) is 14.8 Å². The van der Waals surface area contributed by atoms with Gasteiger partial charge in [0.05, 0.1) is 27.7 Å². The number of esters is 1. The molecule has 0 atom stereocenters. The van der Waals surface area contributed by atoms with E-state index in [1.54, 1.807) is 19.1 Å². The predicted molar refractivity (Wildman–Crippen MR) is 103 cm³/mol. The third kappa shape index (κ3) is 4.85. The highest BCUT2D eigenvalue weighted by molar-refractivity contribution is 7.89. The van der Waals surface area contributed by atoms with Crippen molar-refractivity contribution in [3.05, 3.63) is 58.6 Å². The van der Waals surface area contributed by atoms with Gasteiger partial charge in [-0.3, -0.25) is 4.79 Å². The van der Waals surface area contributed by atoms with Gasteiger partial charge in [-0.15, -0.1) is 0 Å². The summed E-state index contributed by atoms with van der Waals surface area (Å²) in [6.07, 6.45) is 0. The molecule has 0 aliphatic rings. The summed E-state index contributed by atoms with van der Waals surface area (Å²) in [6, 6.07) is 10.0. The van der Waals surface area contributed by atoms with Gasteiger partial charge < -0.3 is 10.1 Å². The SMILES string of the molecule is CCOC(=O)c1ccc(NC(=O)c2cc(S(=O)(=O)N(C)C)ccc2Cl)cc1. The average Bonchev–Trinajstić information content (AvgIpc) is 2.62. The van der Waals surface area contributed by atoms with Gasteiger partial charge in [0, 0.05) is 19.8 Å². The van der Waals surface area contributed by atoms with E-state index in [-0.39, 0.29) is 22.1 Å². The minimum absolute atomic E-state index is 0.0223. The lowest BCUT2D eigenvalue weighted by atomic mass is 10.2. The monoisotopic (exact) mass is 410 g/mol. The van der Waals surface area contributed by atoms with Crippen LogP contribution in [0.15, 0.2) is 47.4 Å². The Morgan fingerprint density at radius 3 is 2.30 bits per heavy atom. The Morgan fingerprint density at radius 2 is 1.74 bits per heavy atom. The van der Waals surface area contributed by atoms with Crippen molar-refractivity contribution < 1.29 is 22.7 Å². The molecule has 27 heavy (non-hydrogen) atoms. The lowest BCUT2D eigenvalue weighted by Crippen LogP contribution is -2.23. The summed E-state index contributed by atoms with van der Waals surface area (Å²) in [5.41, 5.74) is 0.797. The summed E-state index contributed by atoms with van der Waals surface area (Å²) in [6.45, 7) is 1.98. The highest BCUT2D eigenvalue weighted by Crippen LogP contribution is 2.23. The number of sulfonamides is 1. The van der Waals surface area contributed by atoms with E-state index in [0.717, 1.165) is 4.31 Å². The minimum Gasteiger partial charge on any atom is -0.462 e. The summed E-state index contributed by atoms with van der Waals surface area (Å²) in [7, 11) is -0.905. The molecular weight excluding hydrogens is 392 g/mol. The van der Waals surface area contributed by atoms with E-state index in [2.05, 4.69) is 5.32 Å². The number of halogens is 1. The molecule has 0 saturated carbocycles. The topological polar surface area (TPSA) is 92.8 Å². The van der Waals surface area contributed by atoms with Crippen LogP contribution < -0.4 is 5.32 Å². The minimum atomic E-state index is -3.70. The highest BCUT2D eigenvalue weighted by atomic mass is 35.5. The first-order chi connectivity index (χ1) is 12.7. The third-order valence-electron chi connectivity index (χ3n) is 3.61. The zero-order chi connectivity index (χ0) is 20.2. The van der Waals surface area contributed by atoms with Crippen LogP contribution in [0.3, 0.4) is 0 Å². The van der Waals surface area contributed by atoms with Gasteiger partial charge in [0.15, 0.2) is 0 Å². The molecule has 1 N–H and O–H groups in total. The van der Waals surface area contributed by atoms with Crippen LogP contribution in [0.1, 0.15) is 27.6 Å². The first-order valence-corrected chi connectivity index (χ1v) is 9.79. The molecule has 144 valence electrons. The second-order valence-electron chi connectivity index (χ2n) is 5.68.